The molecule has 14 heavy (non-hydrogen) atoms. The summed E-state index contributed by atoms with van der Waals surface area (Å²) in [7, 11) is -0.700. The fourth-order valence-corrected chi connectivity index (χ4v) is 10.5. The van der Waals surface area contributed by atoms with Crippen molar-refractivity contribution in [2.45, 2.75) is 57.0 Å². The molecule has 1 heteroatoms. The summed E-state index contributed by atoms with van der Waals surface area (Å²) < 4.78 is 0. The Kier molecular flexibility index (Phi) is 2.60. The summed E-state index contributed by atoms with van der Waals surface area (Å²) in [5.74, 6) is 1.22. The van der Waals surface area contributed by atoms with E-state index in [1.165, 1.54) is 11.6 Å². The predicted octanol–water partition coefficient (Wildman–Crippen LogP) is 3.88. The minimum atomic E-state index is -0.700. The quantitative estimate of drug-likeness (QED) is 0.623. The first-order chi connectivity index (χ1) is 6.89. The van der Waals surface area contributed by atoms with Crippen LogP contribution in [0.25, 0.3) is 0 Å². The zero-order chi connectivity index (χ0) is 9.43. The van der Waals surface area contributed by atoms with E-state index < -0.39 is 7.26 Å². The number of hydrogen-bond acceptors (Lipinski definition) is 0. The maximum atomic E-state index is 1.76. The van der Waals surface area contributed by atoms with Crippen molar-refractivity contribution in [1.82, 2.24) is 0 Å². The molecule has 82 valence electrons. The van der Waals surface area contributed by atoms with E-state index in [-0.39, 0.29) is 0 Å². The van der Waals surface area contributed by atoms with Crippen LogP contribution in [0.1, 0.15) is 51.4 Å². The van der Waals surface area contributed by atoms with Gasteiger partial charge in [-0.05, 0) is 0 Å². The van der Waals surface area contributed by atoms with Gasteiger partial charge in [0, 0.05) is 0 Å². The molecule has 0 spiro atoms. The Morgan fingerprint density at radius 2 is 1.43 bits per heavy atom. The van der Waals surface area contributed by atoms with Gasteiger partial charge in [-0.15, -0.1) is 0 Å². The summed E-state index contributed by atoms with van der Waals surface area (Å²) in [6, 6.07) is 0. The predicted molar refractivity (Wildman–Crippen MR) is 67.1 cm³/mol. The molecule has 3 aliphatic rings. The van der Waals surface area contributed by atoms with E-state index in [0.717, 1.165) is 0 Å². The van der Waals surface area contributed by atoms with E-state index in [9.17, 15) is 0 Å². The molecule has 1 aliphatic heterocycles. The summed E-state index contributed by atoms with van der Waals surface area (Å²) in [5, 5.41) is 0. The van der Waals surface area contributed by atoms with Gasteiger partial charge in [0.15, 0.2) is 0 Å². The molecule has 0 amide bonds. The molecule has 0 aromatic rings. The van der Waals surface area contributed by atoms with Gasteiger partial charge in [0.1, 0.15) is 0 Å². The van der Waals surface area contributed by atoms with Gasteiger partial charge in [-0.25, -0.2) is 0 Å². The van der Waals surface area contributed by atoms with Crippen molar-refractivity contribution in [3.8, 4) is 0 Å². The van der Waals surface area contributed by atoms with E-state index in [4.69, 9.17) is 0 Å². The van der Waals surface area contributed by atoms with Crippen LogP contribution in [-0.2, 0) is 0 Å². The molecule has 0 unspecified atom stereocenters. The van der Waals surface area contributed by atoms with Crippen LogP contribution in [0.4, 0.5) is 0 Å². The SMILES string of the molecule is C1CCC[PH](CC2CC2)(C2CC2)CC1. The third-order valence-corrected chi connectivity index (χ3v) is 11.3. The molecule has 0 radical (unpaired) electrons. The zero-order valence-electron chi connectivity index (χ0n) is 9.43. The van der Waals surface area contributed by atoms with Crippen molar-refractivity contribution in [3.63, 3.8) is 0 Å². The van der Waals surface area contributed by atoms with Crippen LogP contribution in [0.5, 0.6) is 0 Å². The molecule has 1 saturated heterocycles. The molecule has 0 atom stereocenters. The van der Waals surface area contributed by atoms with Gasteiger partial charge in [-0.3, -0.25) is 0 Å². The molecule has 2 saturated carbocycles. The average molecular weight is 212 g/mol. The van der Waals surface area contributed by atoms with Gasteiger partial charge in [-0.1, -0.05) is 0 Å². The van der Waals surface area contributed by atoms with Crippen molar-refractivity contribution < 1.29 is 0 Å². The second-order valence-electron chi connectivity index (χ2n) is 6.20. The van der Waals surface area contributed by atoms with Crippen molar-refractivity contribution in [1.29, 1.82) is 0 Å². The molecule has 3 fully saturated rings. The van der Waals surface area contributed by atoms with E-state index in [1.807, 2.05) is 0 Å². The monoisotopic (exact) mass is 212 g/mol. The van der Waals surface area contributed by atoms with Crippen LogP contribution in [0.15, 0.2) is 0 Å². The Hall–Kier alpha value is 0.430. The average Bonchev–Trinajstić information content (AvgIpc) is 3.05. The van der Waals surface area contributed by atoms with Gasteiger partial charge in [0.05, 0.1) is 0 Å². The van der Waals surface area contributed by atoms with Gasteiger partial charge < -0.3 is 0 Å². The molecule has 0 N–H and O–H groups in total. The van der Waals surface area contributed by atoms with Crippen LogP contribution in [0.3, 0.4) is 0 Å². The fourth-order valence-electron chi connectivity index (χ4n) is 3.80. The Morgan fingerprint density at radius 1 is 0.786 bits per heavy atom. The van der Waals surface area contributed by atoms with Gasteiger partial charge in [0.2, 0.25) is 0 Å². The Balaban J connectivity index is 1.70. The van der Waals surface area contributed by atoms with E-state index in [1.54, 1.807) is 69.9 Å². The summed E-state index contributed by atoms with van der Waals surface area (Å²) in [4.78, 5) is 0. The normalized spacial score (nSPS) is 34.9. The number of hydrogen-bond donors (Lipinski definition) is 0. The first-order valence-corrected chi connectivity index (χ1v) is 9.59. The first kappa shape index (κ1) is 9.64. The van der Waals surface area contributed by atoms with Crippen molar-refractivity contribution in [2.24, 2.45) is 5.92 Å². The molecule has 0 nitrogen and oxygen atoms in total. The topological polar surface area (TPSA) is 0 Å². The Labute approximate surface area is 89.2 Å². The second-order valence-corrected chi connectivity index (χ2v) is 11.1. The molecular weight excluding hydrogens is 187 g/mol. The molecule has 0 aromatic carbocycles. The third kappa shape index (κ3) is 2.01. The standard InChI is InChI=1S/C13H25P/c1-2-4-10-14(9-3-1,13-7-8-13)11-12-5-6-12/h12-14H,1-11H2. The van der Waals surface area contributed by atoms with Crippen molar-refractivity contribution in [3.05, 3.63) is 0 Å². The molecule has 1 heterocycles. The molecule has 3 rings (SSSR count). The van der Waals surface area contributed by atoms with Gasteiger partial charge in [-0.2, -0.15) is 0 Å². The first-order valence-electron chi connectivity index (χ1n) is 6.89. The van der Waals surface area contributed by atoms with E-state index in [0.29, 0.717) is 0 Å². The van der Waals surface area contributed by atoms with Gasteiger partial charge in [0.25, 0.3) is 0 Å². The third-order valence-electron chi connectivity index (χ3n) is 4.93. The van der Waals surface area contributed by atoms with Crippen molar-refractivity contribution >= 4 is 7.26 Å². The second kappa shape index (κ2) is 3.78. The summed E-state index contributed by atoms with van der Waals surface area (Å²) >= 11 is 0. The van der Waals surface area contributed by atoms with E-state index >= 15 is 0 Å². The van der Waals surface area contributed by atoms with Crippen molar-refractivity contribution in [2.75, 3.05) is 18.5 Å². The Bertz CT molecular complexity index is 195. The zero-order valence-corrected chi connectivity index (χ0v) is 10.4. The van der Waals surface area contributed by atoms with Gasteiger partial charge >= 0.3 is 88.7 Å². The van der Waals surface area contributed by atoms with Crippen LogP contribution in [-0.4, -0.2) is 24.1 Å². The van der Waals surface area contributed by atoms with Crippen LogP contribution in [0, 0.1) is 5.92 Å². The number of rotatable bonds is 3. The molecule has 0 bridgehead atoms. The summed E-state index contributed by atoms with van der Waals surface area (Å²) in [6.07, 6.45) is 18.0. The summed E-state index contributed by atoms with van der Waals surface area (Å²) in [5.41, 5.74) is 1.31. The molecule has 2 aliphatic carbocycles. The van der Waals surface area contributed by atoms with Crippen LogP contribution in [0.2, 0.25) is 0 Å². The minimum absolute atomic E-state index is 0.700. The van der Waals surface area contributed by atoms with Crippen LogP contribution < -0.4 is 0 Å². The fraction of sp³-hybridized carbons (Fsp3) is 1.00. The van der Waals surface area contributed by atoms with Crippen LogP contribution >= 0.6 is 7.26 Å². The Morgan fingerprint density at radius 3 is 1.93 bits per heavy atom. The van der Waals surface area contributed by atoms with E-state index in [2.05, 4.69) is 0 Å². The summed E-state index contributed by atoms with van der Waals surface area (Å²) in [6.45, 7) is 0. The molecular formula is C13H25P. The molecule has 0 aromatic heterocycles. The maximum absolute atomic E-state index is 1.76.